The Kier molecular flexibility index (Phi) is 4.93. The minimum absolute atomic E-state index is 0.0838. The maximum absolute atomic E-state index is 11.8. The number of nitrogens with zero attached hydrogens (tertiary/aromatic N) is 3. The normalized spacial score (nSPS) is 10.4. The van der Waals surface area contributed by atoms with Crippen LogP contribution in [0, 0.1) is 0 Å². The van der Waals surface area contributed by atoms with Crippen LogP contribution in [0.1, 0.15) is 24.2 Å². The van der Waals surface area contributed by atoms with Gasteiger partial charge in [0.05, 0.1) is 5.56 Å². The van der Waals surface area contributed by atoms with Crippen molar-refractivity contribution in [1.29, 1.82) is 0 Å². The molecule has 1 heterocycles. The van der Waals surface area contributed by atoms with E-state index >= 15 is 0 Å². The molecule has 2 N–H and O–H groups in total. The van der Waals surface area contributed by atoms with Crippen molar-refractivity contribution < 1.29 is 4.79 Å². The molecule has 0 aliphatic heterocycles. The fourth-order valence-corrected chi connectivity index (χ4v) is 1.83. The predicted molar refractivity (Wildman–Crippen MR) is 88.7 cm³/mol. The van der Waals surface area contributed by atoms with Gasteiger partial charge in [0.15, 0.2) is 0 Å². The lowest BCUT2D eigenvalue weighted by molar-refractivity contribution is 0.0942. The zero-order valence-electron chi connectivity index (χ0n) is 13.3. The van der Waals surface area contributed by atoms with Crippen molar-refractivity contribution >= 4 is 23.2 Å². The van der Waals surface area contributed by atoms with E-state index in [1.165, 1.54) is 12.4 Å². The number of anilines is 3. The van der Waals surface area contributed by atoms with Crippen LogP contribution < -0.4 is 15.5 Å². The van der Waals surface area contributed by atoms with Crippen LogP contribution >= 0.6 is 0 Å². The quantitative estimate of drug-likeness (QED) is 0.887. The molecule has 0 radical (unpaired) electrons. The molecule has 2 aromatic rings. The van der Waals surface area contributed by atoms with Crippen LogP contribution in [0.15, 0.2) is 36.7 Å². The first-order chi connectivity index (χ1) is 10.5. The number of hydrogen-bond acceptors (Lipinski definition) is 5. The molecule has 0 saturated heterocycles. The summed E-state index contributed by atoms with van der Waals surface area (Å²) in [5, 5.41) is 5.91. The molecule has 0 bridgehead atoms. The smallest absolute Gasteiger partial charge is 0.254 e. The summed E-state index contributed by atoms with van der Waals surface area (Å²) in [6, 6.07) is 8.01. The van der Waals surface area contributed by atoms with E-state index in [1.807, 2.05) is 57.1 Å². The molecule has 0 atom stereocenters. The van der Waals surface area contributed by atoms with E-state index in [4.69, 9.17) is 0 Å². The average molecular weight is 299 g/mol. The molecule has 1 aromatic carbocycles. The Labute approximate surface area is 130 Å². The van der Waals surface area contributed by atoms with Crippen molar-refractivity contribution in [3.8, 4) is 0 Å². The molecule has 0 fully saturated rings. The molecule has 0 saturated carbocycles. The van der Waals surface area contributed by atoms with Gasteiger partial charge in [-0.15, -0.1) is 0 Å². The summed E-state index contributed by atoms with van der Waals surface area (Å²) in [7, 11) is 3.99. The maximum atomic E-state index is 11.8. The number of hydrogen-bond donors (Lipinski definition) is 2. The number of amides is 1. The lowest BCUT2D eigenvalue weighted by atomic mass is 10.2. The molecule has 6 heteroatoms. The number of benzene rings is 1. The van der Waals surface area contributed by atoms with Gasteiger partial charge in [-0.05, 0) is 38.1 Å². The second-order valence-electron chi connectivity index (χ2n) is 5.49. The summed E-state index contributed by atoms with van der Waals surface area (Å²) in [6.07, 6.45) is 3.03. The lowest BCUT2D eigenvalue weighted by Gasteiger charge is -2.13. The Morgan fingerprint density at radius 3 is 2.18 bits per heavy atom. The first kappa shape index (κ1) is 15.8. The fourth-order valence-electron chi connectivity index (χ4n) is 1.83. The molecule has 116 valence electrons. The second kappa shape index (κ2) is 6.89. The van der Waals surface area contributed by atoms with Crippen molar-refractivity contribution in [1.82, 2.24) is 15.3 Å². The first-order valence-electron chi connectivity index (χ1n) is 7.13. The molecular formula is C16H21N5O. The van der Waals surface area contributed by atoms with Gasteiger partial charge in [0.2, 0.25) is 5.95 Å². The van der Waals surface area contributed by atoms with Crippen molar-refractivity contribution in [3.05, 3.63) is 42.2 Å². The standard InChI is InChI=1S/C16H21N5O/c1-11(2)19-15(22)12-9-17-16(18-10-12)20-13-5-7-14(8-6-13)21(3)4/h5-11H,1-4H3,(H,19,22)(H,17,18,20). The predicted octanol–water partition coefficient (Wildman–Crippen LogP) is 2.42. The summed E-state index contributed by atoms with van der Waals surface area (Å²) in [5.41, 5.74) is 2.46. The zero-order chi connectivity index (χ0) is 16.1. The highest BCUT2D eigenvalue weighted by Gasteiger charge is 2.08. The van der Waals surface area contributed by atoms with Gasteiger partial charge in [0, 0.05) is 43.9 Å². The number of aromatic nitrogens is 2. The van der Waals surface area contributed by atoms with Gasteiger partial charge >= 0.3 is 0 Å². The molecule has 1 amide bonds. The van der Waals surface area contributed by atoms with E-state index in [0.29, 0.717) is 11.5 Å². The van der Waals surface area contributed by atoms with Gasteiger partial charge < -0.3 is 15.5 Å². The van der Waals surface area contributed by atoms with Gasteiger partial charge in [0.25, 0.3) is 5.91 Å². The monoisotopic (exact) mass is 299 g/mol. The number of nitrogens with one attached hydrogen (secondary N) is 2. The van der Waals surface area contributed by atoms with Crippen LogP contribution in [0.5, 0.6) is 0 Å². The molecule has 2 rings (SSSR count). The van der Waals surface area contributed by atoms with Crippen LogP contribution in [-0.2, 0) is 0 Å². The lowest BCUT2D eigenvalue weighted by Crippen LogP contribution is -2.30. The zero-order valence-corrected chi connectivity index (χ0v) is 13.3. The molecule has 0 aliphatic carbocycles. The first-order valence-corrected chi connectivity index (χ1v) is 7.13. The van der Waals surface area contributed by atoms with Crippen LogP contribution in [0.25, 0.3) is 0 Å². The molecule has 0 spiro atoms. The van der Waals surface area contributed by atoms with E-state index < -0.39 is 0 Å². The van der Waals surface area contributed by atoms with Gasteiger partial charge in [-0.25, -0.2) is 9.97 Å². The minimum atomic E-state index is -0.170. The van der Waals surface area contributed by atoms with Crippen molar-refractivity contribution in [3.63, 3.8) is 0 Å². The maximum Gasteiger partial charge on any atom is 0.254 e. The summed E-state index contributed by atoms with van der Waals surface area (Å²) < 4.78 is 0. The highest BCUT2D eigenvalue weighted by atomic mass is 16.1. The summed E-state index contributed by atoms with van der Waals surface area (Å²) in [6.45, 7) is 3.82. The van der Waals surface area contributed by atoms with E-state index in [1.54, 1.807) is 0 Å². The van der Waals surface area contributed by atoms with Crippen molar-refractivity contribution in [2.75, 3.05) is 24.3 Å². The Morgan fingerprint density at radius 2 is 1.68 bits per heavy atom. The molecular weight excluding hydrogens is 278 g/mol. The fraction of sp³-hybridized carbons (Fsp3) is 0.312. The second-order valence-corrected chi connectivity index (χ2v) is 5.49. The average Bonchev–Trinajstić information content (AvgIpc) is 2.48. The molecule has 1 aromatic heterocycles. The Hall–Kier alpha value is -2.63. The Morgan fingerprint density at radius 1 is 1.09 bits per heavy atom. The van der Waals surface area contributed by atoms with E-state index in [2.05, 4.69) is 20.6 Å². The van der Waals surface area contributed by atoms with Crippen molar-refractivity contribution in [2.24, 2.45) is 0 Å². The highest BCUT2D eigenvalue weighted by molar-refractivity contribution is 5.93. The van der Waals surface area contributed by atoms with Crippen molar-refractivity contribution in [2.45, 2.75) is 19.9 Å². The molecule has 22 heavy (non-hydrogen) atoms. The number of rotatable bonds is 5. The molecule has 0 aliphatic rings. The third-order valence-corrected chi connectivity index (χ3v) is 2.97. The summed E-state index contributed by atoms with van der Waals surface area (Å²) in [5.74, 6) is 0.288. The van der Waals surface area contributed by atoms with Crippen LogP contribution in [0.2, 0.25) is 0 Å². The van der Waals surface area contributed by atoms with Crippen LogP contribution in [0.4, 0.5) is 17.3 Å². The molecule has 0 unspecified atom stereocenters. The van der Waals surface area contributed by atoms with Gasteiger partial charge in [-0.1, -0.05) is 0 Å². The molecule has 6 nitrogen and oxygen atoms in total. The van der Waals surface area contributed by atoms with Crippen LogP contribution in [-0.4, -0.2) is 36.0 Å². The van der Waals surface area contributed by atoms with Crippen LogP contribution in [0.3, 0.4) is 0 Å². The Bertz CT molecular complexity index is 620. The van der Waals surface area contributed by atoms with Gasteiger partial charge in [-0.2, -0.15) is 0 Å². The highest BCUT2D eigenvalue weighted by Crippen LogP contribution is 2.18. The summed E-state index contributed by atoms with van der Waals surface area (Å²) in [4.78, 5) is 22.2. The Balaban J connectivity index is 2.03. The third-order valence-electron chi connectivity index (χ3n) is 2.97. The minimum Gasteiger partial charge on any atom is -0.378 e. The topological polar surface area (TPSA) is 70.2 Å². The van der Waals surface area contributed by atoms with E-state index in [9.17, 15) is 4.79 Å². The largest absolute Gasteiger partial charge is 0.378 e. The van der Waals surface area contributed by atoms with Gasteiger partial charge in [-0.3, -0.25) is 4.79 Å². The number of carbonyl (C=O) groups excluding carboxylic acids is 1. The SMILES string of the molecule is CC(C)NC(=O)c1cnc(Nc2ccc(N(C)C)cc2)nc1. The van der Waals surface area contributed by atoms with E-state index in [0.717, 1.165) is 11.4 Å². The summed E-state index contributed by atoms with van der Waals surface area (Å²) >= 11 is 0. The van der Waals surface area contributed by atoms with E-state index in [-0.39, 0.29) is 11.9 Å². The third kappa shape index (κ3) is 4.18. The number of carbonyl (C=O) groups is 1. The van der Waals surface area contributed by atoms with Gasteiger partial charge in [0.1, 0.15) is 0 Å².